The van der Waals surface area contributed by atoms with Gasteiger partial charge in [-0.3, -0.25) is 24.5 Å². The van der Waals surface area contributed by atoms with E-state index in [-0.39, 0.29) is 49.5 Å². The molecule has 2 rings (SSSR count). The van der Waals surface area contributed by atoms with Crippen molar-refractivity contribution in [3.63, 3.8) is 0 Å². The summed E-state index contributed by atoms with van der Waals surface area (Å²) < 4.78 is 6.08. The minimum absolute atomic E-state index is 0.0803. The van der Waals surface area contributed by atoms with E-state index in [0.29, 0.717) is 12.8 Å². The number of carbonyl (C=O) groups is 5. The number of carboxylic acid groups (broad SMARTS) is 1. The standard InChI is InChI=1S/C32H49N3O7/c1-21(36)12-13-25(34-30(41)24(33)20-23-10-7-6-8-11-23)26(37)16-19-32(17-9-18-32)35-29(22(2)42-31(3,4)5)27(38)14-15-28(39)40/h6-8,10-11,22,24-25,29,35H,9,12-20,33H2,1-5H3,(H,34,41)(H,39,40)/t22-,24+,25+,29+/m1/s1. The van der Waals surface area contributed by atoms with E-state index in [1.807, 2.05) is 51.1 Å². The lowest BCUT2D eigenvalue weighted by Crippen LogP contribution is -2.61. The molecule has 1 aliphatic carbocycles. The fourth-order valence-electron chi connectivity index (χ4n) is 5.31. The summed E-state index contributed by atoms with van der Waals surface area (Å²) in [4.78, 5) is 62.3. The molecule has 0 aromatic heterocycles. The molecule has 1 amide bonds. The average molecular weight is 588 g/mol. The van der Waals surface area contributed by atoms with Crippen molar-refractivity contribution in [2.45, 2.75) is 134 Å². The fraction of sp³-hybridized carbons (Fsp3) is 0.656. The van der Waals surface area contributed by atoms with E-state index in [1.165, 1.54) is 6.92 Å². The number of benzene rings is 1. The van der Waals surface area contributed by atoms with Gasteiger partial charge in [0.15, 0.2) is 11.6 Å². The molecule has 0 heterocycles. The highest BCUT2D eigenvalue weighted by Gasteiger charge is 2.42. The molecule has 5 N–H and O–H groups in total. The third-order valence-corrected chi connectivity index (χ3v) is 7.69. The summed E-state index contributed by atoms with van der Waals surface area (Å²) >= 11 is 0. The van der Waals surface area contributed by atoms with Crippen LogP contribution < -0.4 is 16.4 Å². The molecule has 234 valence electrons. The number of nitrogens with two attached hydrogens (primary N) is 1. The highest BCUT2D eigenvalue weighted by molar-refractivity contribution is 5.91. The molecule has 1 aromatic carbocycles. The zero-order chi connectivity index (χ0) is 31.5. The lowest BCUT2D eigenvalue weighted by Gasteiger charge is -2.47. The maximum absolute atomic E-state index is 13.4. The number of ketones is 3. The minimum atomic E-state index is -1.04. The molecule has 0 aliphatic heterocycles. The molecule has 10 heteroatoms. The minimum Gasteiger partial charge on any atom is -0.481 e. The lowest BCUT2D eigenvalue weighted by atomic mass is 9.72. The highest BCUT2D eigenvalue weighted by atomic mass is 16.5. The van der Waals surface area contributed by atoms with Gasteiger partial charge in [-0.1, -0.05) is 30.3 Å². The van der Waals surface area contributed by atoms with Gasteiger partial charge in [0.1, 0.15) is 5.78 Å². The van der Waals surface area contributed by atoms with Crippen LogP contribution in [0.1, 0.15) is 98.0 Å². The monoisotopic (exact) mass is 587 g/mol. The quantitative estimate of drug-likeness (QED) is 0.190. The Kier molecular flexibility index (Phi) is 13.5. The van der Waals surface area contributed by atoms with E-state index in [1.54, 1.807) is 6.92 Å². The number of Topliss-reactive ketones (excluding diaryl/α,β-unsaturated/α-hetero) is 3. The van der Waals surface area contributed by atoms with Crippen LogP contribution in [-0.2, 0) is 35.1 Å². The predicted molar refractivity (Wildman–Crippen MR) is 160 cm³/mol. The Morgan fingerprint density at radius 1 is 1.00 bits per heavy atom. The highest BCUT2D eigenvalue weighted by Crippen LogP contribution is 2.37. The number of aliphatic carboxylic acids is 1. The second-order valence-corrected chi connectivity index (χ2v) is 12.6. The van der Waals surface area contributed by atoms with Gasteiger partial charge < -0.3 is 25.7 Å². The van der Waals surface area contributed by atoms with Crippen LogP contribution in [0.2, 0.25) is 0 Å². The summed E-state index contributed by atoms with van der Waals surface area (Å²) in [5, 5.41) is 15.3. The smallest absolute Gasteiger partial charge is 0.303 e. The molecule has 0 unspecified atom stereocenters. The Morgan fingerprint density at radius 2 is 1.64 bits per heavy atom. The molecule has 1 aliphatic rings. The van der Waals surface area contributed by atoms with E-state index in [0.717, 1.165) is 24.8 Å². The third kappa shape index (κ3) is 12.1. The molecule has 42 heavy (non-hydrogen) atoms. The Hall–Kier alpha value is -2.95. The van der Waals surface area contributed by atoms with Crippen LogP contribution in [0.4, 0.5) is 0 Å². The molecule has 10 nitrogen and oxygen atoms in total. The Bertz CT molecular complexity index is 1080. The summed E-state index contributed by atoms with van der Waals surface area (Å²) in [7, 11) is 0. The molecule has 1 saturated carbocycles. The Labute approximate surface area is 249 Å². The second kappa shape index (κ2) is 16.0. The van der Waals surface area contributed by atoms with Crippen LogP contribution in [-0.4, -0.2) is 69.7 Å². The van der Waals surface area contributed by atoms with E-state index in [9.17, 15) is 24.0 Å². The first kappa shape index (κ1) is 35.2. The zero-order valence-corrected chi connectivity index (χ0v) is 25.7. The molecular formula is C32H49N3O7. The van der Waals surface area contributed by atoms with Crippen molar-refractivity contribution >= 4 is 29.2 Å². The number of carboxylic acids is 1. The Morgan fingerprint density at radius 3 is 2.17 bits per heavy atom. The largest absolute Gasteiger partial charge is 0.481 e. The Balaban J connectivity index is 2.11. The first-order chi connectivity index (χ1) is 19.6. The van der Waals surface area contributed by atoms with Crippen molar-refractivity contribution in [1.82, 2.24) is 10.6 Å². The topological polar surface area (TPSA) is 165 Å². The van der Waals surface area contributed by atoms with Gasteiger partial charge in [0, 0.05) is 24.8 Å². The van der Waals surface area contributed by atoms with Crippen LogP contribution in [0.5, 0.6) is 0 Å². The van der Waals surface area contributed by atoms with Crippen molar-refractivity contribution in [2.75, 3.05) is 0 Å². The van der Waals surface area contributed by atoms with E-state index >= 15 is 0 Å². The molecule has 0 bridgehead atoms. The van der Waals surface area contributed by atoms with Crippen molar-refractivity contribution < 1.29 is 33.8 Å². The zero-order valence-electron chi connectivity index (χ0n) is 25.7. The SMILES string of the molecule is CC(=O)CC[C@H](NC(=O)[C@@H](N)Cc1ccccc1)C(=O)CCC1(N[C@H](C(=O)CCC(=O)O)[C@@H](C)OC(C)(C)C)CCC1. The van der Waals surface area contributed by atoms with Gasteiger partial charge in [0.05, 0.1) is 36.3 Å². The maximum Gasteiger partial charge on any atom is 0.303 e. The summed E-state index contributed by atoms with van der Waals surface area (Å²) in [5.74, 6) is -2.02. The third-order valence-electron chi connectivity index (χ3n) is 7.69. The van der Waals surface area contributed by atoms with Gasteiger partial charge in [0.2, 0.25) is 5.91 Å². The molecule has 4 atom stereocenters. The fourth-order valence-corrected chi connectivity index (χ4v) is 5.31. The molecule has 1 fully saturated rings. The van der Waals surface area contributed by atoms with Gasteiger partial charge in [-0.05, 0) is 78.7 Å². The van der Waals surface area contributed by atoms with Crippen LogP contribution >= 0.6 is 0 Å². The van der Waals surface area contributed by atoms with Crippen molar-refractivity contribution in [1.29, 1.82) is 0 Å². The van der Waals surface area contributed by atoms with Gasteiger partial charge in [-0.25, -0.2) is 0 Å². The van der Waals surface area contributed by atoms with Crippen LogP contribution in [0.3, 0.4) is 0 Å². The second-order valence-electron chi connectivity index (χ2n) is 12.6. The predicted octanol–water partition coefficient (Wildman–Crippen LogP) is 3.28. The van der Waals surface area contributed by atoms with E-state index in [2.05, 4.69) is 10.6 Å². The van der Waals surface area contributed by atoms with Gasteiger partial charge in [-0.15, -0.1) is 0 Å². The first-order valence-corrected chi connectivity index (χ1v) is 14.9. The van der Waals surface area contributed by atoms with Gasteiger partial charge in [0.25, 0.3) is 0 Å². The first-order valence-electron chi connectivity index (χ1n) is 14.9. The molecule has 0 spiro atoms. The number of hydrogen-bond donors (Lipinski definition) is 4. The van der Waals surface area contributed by atoms with E-state index < -0.39 is 47.2 Å². The number of rotatable bonds is 19. The number of carbonyl (C=O) groups excluding carboxylic acids is 4. The summed E-state index contributed by atoms with van der Waals surface area (Å²) in [6, 6.07) is 6.93. The van der Waals surface area contributed by atoms with Gasteiger partial charge in [-0.2, -0.15) is 0 Å². The molecule has 1 aromatic rings. The summed E-state index contributed by atoms with van der Waals surface area (Å²) in [6.07, 6.45) is 2.72. The van der Waals surface area contributed by atoms with E-state index in [4.69, 9.17) is 15.6 Å². The van der Waals surface area contributed by atoms with Crippen LogP contribution in [0.15, 0.2) is 30.3 Å². The number of ether oxygens (including phenoxy) is 1. The molecular weight excluding hydrogens is 538 g/mol. The molecule has 0 radical (unpaired) electrons. The van der Waals surface area contributed by atoms with Crippen LogP contribution in [0, 0.1) is 0 Å². The lowest BCUT2D eigenvalue weighted by molar-refractivity contribution is -0.140. The average Bonchev–Trinajstić information content (AvgIpc) is 2.87. The summed E-state index contributed by atoms with van der Waals surface area (Å²) in [6.45, 7) is 8.91. The van der Waals surface area contributed by atoms with Crippen molar-refractivity contribution in [3.8, 4) is 0 Å². The van der Waals surface area contributed by atoms with Crippen LogP contribution in [0.25, 0.3) is 0 Å². The number of nitrogens with one attached hydrogen (secondary N) is 2. The summed E-state index contributed by atoms with van der Waals surface area (Å²) in [5.41, 5.74) is 6.04. The molecule has 0 saturated heterocycles. The maximum atomic E-state index is 13.4. The van der Waals surface area contributed by atoms with Crippen molar-refractivity contribution in [2.24, 2.45) is 5.73 Å². The normalized spacial score (nSPS) is 17.3. The van der Waals surface area contributed by atoms with Crippen molar-refractivity contribution in [3.05, 3.63) is 35.9 Å². The van der Waals surface area contributed by atoms with Gasteiger partial charge >= 0.3 is 5.97 Å². The number of amides is 1. The number of hydrogen-bond acceptors (Lipinski definition) is 8.